The third-order valence-electron chi connectivity index (χ3n) is 0. The van der Waals surface area contributed by atoms with Gasteiger partial charge in [-0.05, 0) is 0 Å². The Morgan fingerprint density at radius 3 is 0.188 bits per heavy atom. The molecule has 0 aromatic carbocycles. The van der Waals surface area contributed by atoms with E-state index in [0.717, 1.165) is 0 Å². The molecule has 48 heteroatoms. The average Bonchev–Trinajstić information content (AvgIpc) is 2.16. The first-order valence-corrected chi connectivity index (χ1v) is 39.7. The van der Waals surface area contributed by atoms with Crippen LogP contribution in [0.4, 0.5) is 25.8 Å². The van der Waals surface area contributed by atoms with Gasteiger partial charge in [0.05, 0.1) is 0 Å². The van der Waals surface area contributed by atoms with Crippen molar-refractivity contribution in [1.29, 1.82) is 0 Å². The summed E-state index contributed by atoms with van der Waals surface area (Å²) in [6, 6.07) is 0. The van der Waals surface area contributed by atoms with E-state index < -0.39 is 131 Å². The van der Waals surface area contributed by atoms with Crippen LogP contribution in [0.3, 0.4) is 0 Å². The zero-order valence-electron chi connectivity index (χ0n) is 23.8. The van der Waals surface area contributed by atoms with Crippen molar-refractivity contribution in [2.75, 3.05) is 0 Å². The molecule has 0 saturated carbocycles. The minimum absolute atomic E-state index is 0. The van der Waals surface area contributed by atoms with E-state index in [1.807, 2.05) is 0 Å². The van der Waals surface area contributed by atoms with Crippen molar-refractivity contribution in [3.05, 3.63) is 0 Å². The molecule has 48 heavy (non-hydrogen) atoms. The van der Waals surface area contributed by atoms with Gasteiger partial charge in [-0.15, -0.1) is 0 Å². The molecule has 0 bridgehead atoms. The number of hydrogen-bond donors (Lipinski definition) is 0. The Balaban J connectivity index is -0.0000000170. The first-order chi connectivity index (χ1) is 16.0. The van der Waals surface area contributed by atoms with Gasteiger partial charge in [0.1, 0.15) is 0 Å². The SMILES string of the molecule is [K+].[K+].[K+].[K+].[K+].[K+].[K+].[K+].[O]=[Re](=[O])([O-])[F].[O]=[Re](=[O])([O-])[F].[O]=[Re](=[O])([O-])[F].[O]=[Re](=[O])([O-])[F].[O]=[Re](=[O])([O-])[F].[O]=[Re](=[O])([O-])[F].[O]=[Re](=[O])([O-])[F].[O]=[Re](=[O])([O-])[F]. The average molecular weight is 2340 g/mol. The second-order valence-electron chi connectivity index (χ2n) is 2.91. The zero-order chi connectivity index (χ0) is 36.0. The van der Waals surface area contributed by atoms with Crippen LogP contribution in [0.2, 0.25) is 0 Å². The molecular weight excluding hydrogens is 2340 g/mol. The third kappa shape index (κ3) is 1040. The fraction of sp³-hybridized carbons (Fsp3) is 0. The summed E-state index contributed by atoms with van der Waals surface area (Å²) < 4.78 is 286. The molecule has 0 aliphatic carbocycles. The van der Waals surface area contributed by atoms with E-state index in [1.165, 1.54) is 0 Å². The van der Waals surface area contributed by atoms with Crippen LogP contribution in [-0.4, -0.2) is 0 Å². The summed E-state index contributed by atoms with van der Waals surface area (Å²) in [7, 11) is 0. The molecule has 0 aliphatic heterocycles. The normalized spacial score (nSPS) is 9.67. The van der Waals surface area contributed by atoms with Crippen LogP contribution >= 0.6 is 0 Å². The fourth-order valence-electron chi connectivity index (χ4n) is 0. The molecular formula is F8K8O24Re8. The van der Waals surface area contributed by atoms with Gasteiger partial charge in [0, 0.05) is 0 Å². The van der Waals surface area contributed by atoms with Crippen molar-refractivity contribution in [3.63, 3.8) is 0 Å². The van der Waals surface area contributed by atoms with Crippen LogP contribution in [-0.2, 0) is 186 Å². The van der Waals surface area contributed by atoms with Gasteiger partial charge in [0.25, 0.3) is 0 Å². The Morgan fingerprint density at radius 1 is 0.188 bits per heavy atom. The van der Waals surface area contributed by atoms with E-state index in [1.54, 1.807) is 0 Å². The Morgan fingerprint density at radius 2 is 0.188 bits per heavy atom. The molecule has 0 aliphatic rings. The molecule has 0 fully saturated rings. The second-order valence-corrected chi connectivity index (χ2v) is 23.8. The maximum atomic E-state index is 10.2. The predicted octanol–water partition coefficient (Wildman–Crippen LogP) is -32.0. The zero-order valence-corrected chi connectivity index (χ0v) is 70.6. The minimum atomic E-state index is -6.36. The van der Waals surface area contributed by atoms with Gasteiger partial charge in [0.15, 0.2) is 0 Å². The van der Waals surface area contributed by atoms with Crippen molar-refractivity contribution in [1.82, 2.24) is 0 Å². The third-order valence-corrected chi connectivity index (χ3v) is 0. The molecule has 0 heterocycles. The summed E-state index contributed by atoms with van der Waals surface area (Å²) in [5.41, 5.74) is 0. The van der Waals surface area contributed by atoms with Crippen LogP contribution in [0.1, 0.15) is 0 Å². The van der Waals surface area contributed by atoms with Gasteiger partial charge in [-0.3, -0.25) is 0 Å². The van der Waals surface area contributed by atoms with Crippen LogP contribution in [0.25, 0.3) is 0 Å². The Hall–Kier alpha value is 14.3. The fourth-order valence-corrected chi connectivity index (χ4v) is 0. The molecule has 24 nitrogen and oxygen atoms in total. The van der Waals surface area contributed by atoms with Crippen LogP contribution in [0.5, 0.6) is 0 Å². The molecule has 0 radical (unpaired) electrons. The number of halogens is 8. The van der Waals surface area contributed by atoms with E-state index in [-0.39, 0.29) is 411 Å². The van der Waals surface area contributed by atoms with E-state index in [0.29, 0.717) is 0 Å². The van der Waals surface area contributed by atoms with Crippen molar-refractivity contribution in [2.24, 2.45) is 0 Å². The molecule has 0 aromatic heterocycles. The summed E-state index contributed by atoms with van der Waals surface area (Å²) in [4.78, 5) is 0. The van der Waals surface area contributed by atoms with Crippen molar-refractivity contribution < 1.29 is 654 Å². The monoisotopic (exact) mass is 2340 g/mol. The Labute approximate surface area is 631 Å². The molecule has 0 atom stereocenters. The topological polar surface area (TPSA) is 458 Å². The molecule has 0 saturated heterocycles. The molecule has 0 N–H and O–H groups in total. The summed E-state index contributed by atoms with van der Waals surface area (Å²) in [6.45, 7) is 0. The van der Waals surface area contributed by atoms with Crippen LogP contribution in [0.15, 0.2) is 0 Å². The van der Waals surface area contributed by atoms with Crippen LogP contribution in [0, 0.1) is 0 Å². The number of hydrogen-bond acceptors (Lipinski definition) is 24. The predicted molar refractivity (Wildman–Crippen MR) is 19.8 cm³/mol. The Kier molecular flexibility index (Phi) is 131. The van der Waals surface area contributed by atoms with E-state index in [4.69, 9.17) is 86.1 Å². The van der Waals surface area contributed by atoms with Gasteiger partial charge < -0.3 is 0 Å². The molecule has 0 aromatic rings. The summed E-state index contributed by atoms with van der Waals surface area (Å²) in [5, 5.41) is 0. The summed E-state index contributed by atoms with van der Waals surface area (Å²) in [5.74, 6) is 0. The quantitative estimate of drug-likeness (QED) is 0.160. The second kappa shape index (κ2) is 57.4. The van der Waals surface area contributed by atoms with Gasteiger partial charge in [-0.25, -0.2) is 0 Å². The van der Waals surface area contributed by atoms with Crippen molar-refractivity contribution >= 4 is 0 Å². The molecule has 264 valence electrons. The first-order valence-electron chi connectivity index (χ1n) is 4.85. The Bertz CT molecular complexity index is 1110. The van der Waals surface area contributed by atoms with E-state index in [2.05, 4.69) is 0 Å². The van der Waals surface area contributed by atoms with Gasteiger partial charge in [-0.2, -0.15) is 0 Å². The van der Waals surface area contributed by atoms with E-state index in [9.17, 15) is 25.8 Å². The molecule has 0 unspecified atom stereocenters. The maximum absolute atomic E-state index is 10.2. The van der Waals surface area contributed by atoms with Gasteiger partial charge in [-0.1, -0.05) is 0 Å². The molecule has 0 spiro atoms. The first kappa shape index (κ1) is 109. The van der Waals surface area contributed by atoms with Crippen molar-refractivity contribution in [2.45, 2.75) is 0 Å². The van der Waals surface area contributed by atoms with Gasteiger partial charge >= 0.3 is 654 Å². The van der Waals surface area contributed by atoms with Crippen molar-refractivity contribution in [3.8, 4) is 0 Å². The van der Waals surface area contributed by atoms with E-state index >= 15 is 0 Å². The molecule has 0 amide bonds. The molecule has 0 rings (SSSR count). The van der Waals surface area contributed by atoms with Crippen LogP contribution < -0.4 is 442 Å². The number of rotatable bonds is 0. The standard InChI is InChI=1S/8FH.8K.24O.8Re/h8*1H;;;;;;;;;;;;;;;;;;;;;;;;;;;;;;;;;;;;;;;;/q;;;;;;;;8*+1;;;;;;;;;;;;;;;;;8*-1;8*+1/p-8. The summed E-state index contributed by atoms with van der Waals surface area (Å²) >= 11 is -50.9. The van der Waals surface area contributed by atoms with Gasteiger partial charge in [0.2, 0.25) is 0 Å². The summed E-state index contributed by atoms with van der Waals surface area (Å²) in [6.07, 6.45) is 0.